The number of nitrogens with one attached hydrogen (secondary N) is 2. The maximum atomic E-state index is 14.5. The summed E-state index contributed by atoms with van der Waals surface area (Å²) in [6.07, 6.45) is 5.29. The molecule has 2 aromatic carbocycles. The van der Waals surface area contributed by atoms with Gasteiger partial charge in [0.2, 0.25) is 5.91 Å². The molecule has 2 aromatic rings. The summed E-state index contributed by atoms with van der Waals surface area (Å²) >= 11 is 6.11. The molecule has 0 aromatic heterocycles. The van der Waals surface area contributed by atoms with Crippen molar-refractivity contribution < 1.29 is 32.6 Å². The third-order valence-corrected chi connectivity index (χ3v) is 12.0. The predicted molar refractivity (Wildman–Crippen MR) is 172 cm³/mol. The van der Waals surface area contributed by atoms with Gasteiger partial charge < -0.3 is 15.7 Å². The van der Waals surface area contributed by atoms with Gasteiger partial charge in [-0.25, -0.2) is 17.9 Å². The van der Waals surface area contributed by atoms with Gasteiger partial charge >= 0.3 is 6.09 Å². The molecule has 0 radical (unpaired) electrons. The Balaban J connectivity index is 1.38. The smallest absolute Gasteiger partial charge is 0.407 e. The van der Waals surface area contributed by atoms with Crippen molar-refractivity contribution in [1.82, 2.24) is 19.8 Å². The van der Waals surface area contributed by atoms with E-state index in [1.807, 2.05) is 4.31 Å². The summed E-state index contributed by atoms with van der Waals surface area (Å²) in [6, 6.07) is 8.06. The van der Waals surface area contributed by atoms with E-state index in [-0.39, 0.29) is 29.6 Å². The molecule has 3 fully saturated rings. The Kier molecular flexibility index (Phi) is 10.9. The minimum absolute atomic E-state index is 0.0364. The minimum Gasteiger partial charge on any atom is -0.465 e. The first kappa shape index (κ1) is 33.9. The first-order valence-electron chi connectivity index (χ1n) is 15.7. The fraction of sp³-hybridized carbons (Fsp3) is 0.562. The minimum atomic E-state index is -2.83. The zero-order valence-electron chi connectivity index (χ0n) is 25.4. The lowest BCUT2D eigenvalue weighted by Crippen LogP contribution is -2.56. The summed E-state index contributed by atoms with van der Waals surface area (Å²) in [6.45, 7) is 1.27. The van der Waals surface area contributed by atoms with Gasteiger partial charge in [-0.3, -0.25) is 18.8 Å². The molecule has 5 N–H and O–H groups in total. The van der Waals surface area contributed by atoms with Crippen LogP contribution in [0.25, 0.3) is 0 Å². The van der Waals surface area contributed by atoms with Crippen LogP contribution in [0.2, 0.25) is 5.02 Å². The van der Waals surface area contributed by atoms with Crippen molar-refractivity contribution in [2.75, 3.05) is 25.9 Å². The van der Waals surface area contributed by atoms with E-state index in [2.05, 4.69) is 10.6 Å². The van der Waals surface area contributed by atoms with Crippen LogP contribution in [0.4, 0.5) is 13.6 Å². The first-order valence-corrected chi connectivity index (χ1v) is 17.7. The van der Waals surface area contributed by atoms with Crippen molar-refractivity contribution in [2.45, 2.75) is 81.5 Å². The summed E-state index contributed by atoms with van der Waals surface area (Å²) in [5, 5.41) is 17.2. The number of piperazine rings is 1. The number of carbonyl (C=O) groups is 2. The Bertz CT molecular complexity index is 1340. The monoisotopic (exact) mass is 668 g/mol. The number of fused-ring (bicyclic) bond motifs is 2. The van der Waals surface area contributed by atoms with Crippen LogP contribution >= 0.6 is 22.4 Å². The van der Waals surface area contributed by atoms with Crippen molar-refractivity contribution in [3.05, 3.63) is 70.2 Å². The Morgan fingerprint density at radius 1 is 1.04 bits per heavy atom. The quantitative estimate of drug-likeness (QED) is 0.213. The van der Waals surface area contributed by atoms with E-state index < -0.39 is 46.4 Å². The zero-order chi connectivity index (χ0) is 32.3. The van der Waals surface area contributed by atoms with Crippen LogP contribution in [0, 0.1) is 17.6 Å². The highest BCUT2D eigenvalue weighted by molar-refractivity contribution is 8.22. The Morgan fingerprint density at radius 2 is 1.73 bits per heavy atom. The van der Waals surface area contributed by atoms with Crippen molar-refractivity contribution in [3.8, 4) is 0 Å². The molecule has 0 spiro atoms. The van der Waals surface area contributed by atoms with Gasteiger partial charge in [0.05, 0.1) is 5.75 Å². The summed E-state index contributed by atoms with van der Waals surface area (Å²) in [7, 11) is -1.54. The molecule has 13 heteroatoms. The number of amides is 2. The van der Waals surface area contributed by atoms with Gasteiger partial charge in [0.25, 0.3) is 0 Å². The number of nitrogens with zero attached hydrogens (tertiary/aromatic N) is 2. The molecule has 1 saturated carbocycles. The van der Waals surface area contributed by atoms with Gasteiger partial charge in [0.15, 0.2) is 0 Å². The maximum Gasteiger partial charge on any atom is 0.407 e. The number of benzene rings is 2. The lowest BCUT2D eigenvalue weighted by molar-refractivity contribution is -0.127. The van der Waals surface area contributed by atoms with Gasteiger partial charge in [-0.2, -0.15) is 0 Å². The molecule has 2 saturated heterocycles. The number of hydrogen-bond acceptors (Lipinski definition) is 6. The van der Waals surface area contributed by atoms with Crippen LogP contribution in [0.15, 0.2) is 42.5 Å². The second-order valence-electron chi connectivity index (χ2n) is 12.6. The highest BCUT2D eigenvalue weighted by atomic mass is 35.5. The average Bonchev–Trinajstić information content (AvgIpc) is 3.10. The molecule has 248 valence electrons. The average molecular weight is 669 g/mol. The lowest BCUT2D eigenvalue weighted by atomic mass is 9.79. The number of hydrogen-bond donors (Lipinski definition) is 5. The molecule has 1 aliphatic carbocycles. The molecule has 2 heterocycles. The van der Waals surface area contributed by atoms with Crippen LogP contribution < -0.4 is 10.6 Å². The zero-order valence-corrected chi connectivity index (χ0v) is 27.0. The third-order valence-electron chi connectivity index (χ3n) is 9.68. The van der Waals surface area contributed by atoms with E-state index in [0.29, 0.717) is 35.8 Å². The lowest BCUT2D eigenvalue weighted by Gasteiger charge is -2.49. The van der Waals surface area contributed by atoms with E-state index in [4.69, 9.17) is 11.6 Å². The fourth-order valence-corrected chi connectivity index (χ4v) is 9.33. The van der Waals surface area contributed by atoms with Crippen LogP contribution in [-0.4, -0.2) is 85.5 Å². The summed E-state index contributed by atoms with van der Waals surface area (Å²) in [4.78, 5) is 27.4. The summed E-state index contributed by atoms with van der Waals surface area (Å²) in [5.41, 5.74) is 0.611. The molecule has 1 unspecified atom stereocenters. The highest BCUT2D eigenvalue weighted by Crippen LogP contribution is 2.49. The maximum absolute atomic E-state index is 14.5. The molecule has 45 heavy (non-hydrogen) atoms. The predicted octanol–water partition coefficient (Wildman–Crippen LogP) is 6.29. The van der Waals surface area contributed by atoms with E-state index in [1.165, 1.54) is 7.05 Å². The Morgan fingerprint density at radius 3 is 2.42 bits per heavy atom. The van der Waals surface area contributed by atoms with Crippen LogP contribution in [0.5, 0.6) is 0 Å². The van der Waals surface area contributed by atoms with Gasteiger partial charge in [-0.15, -0.1) is 10.8 Å². The van der Waals surface area contributed by atoms with Crippen molar-refractivity contribution in [3.63, 3.8) is 0 Å². The Labute approximate surface area is 269 Å². The topological polar surface area (TPSA) is 125 Å². The standard InChI is InChI=1S/C32H43ClF2N4O5S/c1-38(32(41)42)30(29(21-8-11-23(33)12-9-21)22-15-24(34)17-25(35)16-22)31(40)37-28-7-3-2-5-20(28)10-13-27-18-36-26-6-4-14-45(43,44)39(27)19-26/h8-9,11-12,15-17,20,26-30,36,43-44H,2-7,10,13-14,18-19H2,1H3,(H,37,40)(H,41,42)/t20-,26-,27+,28+,29+,30+/m1/s1. The van der Waals surface area contributed by atoms with E-state index in [0.717, 1.165) is 68.0 Å². The second kappa shape index (κ2) is 14.5. The molecule has 2 amide bonds. The fourth-order valence-electron chi connectivity index (χ4n) is 7.34. The number of likely N-dealkylation sites (N-methyl/N-ethyl adjacent to an activating group) is 1. The Hall–Kier alpha value is -2.48. The van der Waals surface area contributed by atoms with E-state index >= 15 is 0 Å². The highest BCUT2D eigenvalue weighted by Gasteiger charge is 2.41. The molecule has 3 aliphatic rings. The number of carboxylic acid groups (broad SMARTS) is 1. The molecule has 9 nitrogen and oxygen atoms in total. The normalized spacial score (nSPS) is 28.3. The second-order valence-corrected chi connectivity index (χ2v) is 15.2. The van der Waals surface area contributed by atoms with Crippen LogP contribution in [0.1, 0.15) is 68.4 Å². The molecule has 5 rings (SSSR count). The van der Waals surface area contributed by atoms with Crippen molar-refractivity contribution in [1.29, 1.82) is 0 Å². The van der Waals surface area contributed by atoms with Gasteiger partial charge in [-0.1, -0.05) is 36.6 Å². The van der Waals surface area contributed by atoms with Gasteiger partial charge in [-0.05, 0) is 79.8 Å². The molecule has 2 bridgehead atoms. The third kappa shape index (κ3) is 8.09. The van der Waals surface area contributed by atoms with E-state index in [9.17, 15) is 32.6 Å². The molecular weight excluding hydrogens is 626 g/mol. The molecule has 7 atom stereocenters. The van der Waals surface area contributed by atoms with Crippen LogP contribution in [0.3, 0.4) is 0 Å². The molecule has 2 aliphatic heterocycles. The SMILES string of the molecule is CN(C(=O)O)[C@H](C(=O)N[C@H]1CCCC[C@@H]1CC[C@H]1CN[C@@H]2CCCS(O)(O)N1C2)[C@@H](c1ccc(Cl)cc1)c1cc(F)cc(F)c1. The number of rotatable bonds is 9. The first-order chi connectivity index (χ1) is 21.4. The largest absolute Gasteiger partial charge is 0.465 e. The molecular formula is C32H43ClF2N4O5S. The van der Waals surface area contributed by atoms with Gasteiger partial charge in [0.1, 0.15) is 17.7 Å². The summed E-state index contributed by atoms with van der Waals surface area (Å²) in [5.74, 6) is -2.76. The van der Waals surface area contributed by atoms with Crippen molar-refractivity contribution >= 4 is 34.4 Å². The summed E-state index contributed by atoms with van der Waals surface area (Å²) < 4.78 is 52.6. The van der Waals surface area contributed by atoms with Gasteiger partial charge in [0, 0.05) is 55.3 Å². The number of carbonyl (C=O) groups excluding carboxylic acids is 1. The van der Waals surface area contributed by atoms with E-state index in [1.54, 1.807) is 24.3 Å². The number of halogens is 3. The van der Waals surface area contributed by atoms with Crippen LogP contribution in [-0.2, 0) is 4.79 Å². The van der Waals surface area contributed by atoms with Crippen molar-refractivity contribution in [2.24, 2.45) is 5.92 Å².